The molecule has 0 aliphatic heterocycles. The number of nitro groups is 1. The number of aliphatic hydroxyl groups excluding tert-OH is 1. The van der Waals surface area contributed by atoms with Crippen molar-refractivity contribution in [3.05, 3.63) is 88.2 Å². The molecule has 0 bridgehead atoms. The van der Waals surface area contributed by atoms with Gasteiger partial charge in [-0.1, -0.05) is 24.3 Å². The number of non-ortho nitro benzene ring substituents is 1. The summed E-state index contributed by atoms with van der Waals surface area (Å²) in [5.41, 5.74) is 1.85. The van der Waals surface area contributed by atoms with Crippen LogP contribution >= 0.6 is 0 Å². The first kappa shape index (κ1) is 18.1. The summed E-state index contributed by atoms with van der Waals surface area (Å²) >= 11 is 0. The fourth-order valence-corrected chi connectivity index (χ4v) is 2.47. The fraction of sp³-hybridized carbons (Fsp3) is 0.0500. The maximum absolute atomic E-state index is 12.1. The van der Waals surface area contributed by atoms with Crippen molar-refractivity contribution >= 4 is 23.4 Å². The van der Waals surface area contributed by atoms with Crippen LogP contribution in [0.15, 0.2) is 71.2 Å². The molecular formula is C20H16N2O5. The lowest BCUT2D eigenvalue weighted by Crippen LogP contribution is -2.07. The van der Waals surface area contributed by atoms with Gasteiger partial charge in [0.05, 0.1) is 4.92 Å². The number of benzene rings is 2. The molecule has 1 aromatic heterocycles. The van der Waals surface area contributed by atoms with Crippen LogP contribution in [0.1, 0.15) is 11.3 Å². The highest BCUT2D eigenvalue weighted by Gasteiger charge is 2.07. The van der Waals surface area contributed by atoms with Gasteiger partial charge in [-0.05, 0) is 35.9 Å². The molecule has 7 heteroatoms. The normalized spacial score (nSPS) is 10.9. The van der Waals surface area contributed by atoms with E-state index < -0.39 is 4.92 Å². The summed E-state index contributed by atoms with van der Waals surface area (Å²) in [5.74, 6) is 0.677. The van der Waals surface area contributed by atoms with Gasteiger partial charge >= 0.3 is 0 Å². The predicted molar refractivity (Wildman–Crippen MR) is 101 cm³/mol. The van der Waals surface area contributed by atoms with Crippen molar-refractivity contribution < 1.29 is 19.2 Å². The zero-order valence-corrected chi connectivity index (χ0v) is 14.2. The topological polar surface area (TPSA) is 106 Å². The number of hydrogen-bond acceptors (Lipinski definition) is 5. The highest BCUT2D eigenvalue weighted by atomic mass is 16.6. The van der Waals surface area contributed by atoms with E-state index in [-0.39, 0.29) is 18.2 Å². The summed E-state index contributed by atoms with van der Waals surface area (Å²) in [6, 6.07) is 16.5. The monoisotopic (exact) mass is 364 g/mol. The molecule has 7 nitrogen and oxygen atoms in total. The Kier molecular flexibility index (Phi) is 5.44. The predicted octanol–water partition coefficient (Wildman–Crippen LogP) is 4.00. The molecule has 27 heavy (non-hydrogen) atoms. The van der Waals surface area contributed by atoms with Crippen molar-refractivity contribution in [2.24, 2.45) is 0 Å². The van der Waals surface area contributed by atoms with E-state index in [1.54, 1.807) is 42.5 Å². The molecule has 0 radical (unpaired) electrons. The van der Waals surface area contributed by atoms with Gasteiger partial charge in [0.1, 0.15) is 18.1 Å². The number of hydrogen-bond donors (Lipinski definition) is 2. The number of anilines is 1. The number of carbonyl (C=O) groups excluding carboxylic acids is 1. The average Bonchev–Trinajstić information content (AvgIpc) is 3.16. The molecule has 0 atom stereocenters. The quantitative estimate of drug-likeness (QED) is 0.391. The molecule has 0 spiro atoms. The molecule has 3 rings (SSSR count). The smallest absolute Gasteiger partial charge is 0.270 e. The first-order valence-corrected chi connectivity index (χ1v) is 8.09. The summed E-state index contributed by atoms with van der Waals surface area (Å²) in [5, 5.41) is 22.6. The molecule has 136 valence electrons. The molecule has 0 fully saturated rings. The van der Waals surface area contributed by atoms with E-state index >= 15 is 0 Å². The van der Waals surface area contributed by atoms with Crippen LogP contribution in [0, 0.1) is 10.1 Å². The number of nitro benzene ring substituents is 1. The van der Waals surface area contributed by atoms with Crippen LogP contribution in [0.2, 0.25) is 0 Å². The molecule has 0 saturated carbocycles. The molecule has 0 aliphatic rings. The highest BCUT2D eigenvalue weighted by molar-refractivity contribution is 6.02. The van der Waals surface area contributed by atoms with Crippen LogP contribution in [0.4, 0.5) is 11.4 Å². The Morgan fingerprint density at radius 3 is 2.70 bits per heavy atom. The lowest BCUT2D eigenvalue weighted by molar-refractivity contribution is -0.384. The summed E-state index contributed by atoms with van der Waals surface area (Å²) < 4.78 is 5.48. The highest BCUT2D eigenvalue weighted by Crippen LogP contribution is 2.25. The van der Waals surface area contributed by atoms with Crippen LogP contribution in [-0.2, 0) is 11.4 Å². The molecule has 2 N–H and O–H groups in total. The SMILES string of the molecule is O=C(/C=C/c1cccc([N+](=O)[O-])c1)Nc1cccc(-c2ccc(CO)o2)c1. The molecular weight excluding hydrogens is 348 g/mol. The van der Waals surface area contributed by atoms with Gasteiger partial charge in [0.15, 0.2) is 0 Å². The lowest BCUT2D eigenvalue weighted by atomic mass is 10.1. The third kappa shape index (κ3) is 4.68. The standard InChI is InChI=1S/C20H16N2O5/c23-13-18-8-9-19(27-18)15-4-2-5-16(12-15)21-20(24)10-7-14-3-1-6-17(11-14)22(25)26/h1-12,23H,13H2,(H,21,24)/b10-7+. The fourth-order valence-electron chi connectivity index (χ4n) is 2.47. The van der Waals surface area contributed by atoms with E-state index in [4.69, 9.17) is 9.52 Å². The van der Waals surface area contributed by atoms with Gasteiger partial charge in [-0.15, -0.1) is 0 Å². The average molecular weight is 364 g/mol. The lowest BCUT2D eigenvalue weighted by Gasteiger charge is -2.04. The van der Waals surface area contributed by atoms with E-state index in [0.717, 1.165) is 5.56 Å². The van der Waals surface area contributed by atoms with Gasteiger partial charge in [0.2, 0.25) is 5.91 Å². The third-order valence-corrected chi connectivity index (χ3v) is 3.74. The second-order valence-electron chi connectivity index (χ2n) is 5.68. The van der Waals surface area contributed by atoms with Crippen molar-refractivity contribution in [2.45, 2.75) is 6.61 Å². The second kappa shape index (κ2) is 8.11. The minimum atomic E-state index is -0.486. The van der Waals surface area contributed by atoms with Crippen molar-refractivity contribution in [3.63, 3.8) is 0 Å². The molecule has 0 saturated heterocycles. The maximum atomic E-state index is 12.1. The molecule has 1 amide bonds. The van der Waals surface area contributed by atoms with E-state index in [1.165, 1.54) is 24.3 Å². The Hall–Kier alpha value is -3.71. The first-order valence-electron chi connectivity index (χ1n) is 8.09. The number of amides is 1. The van der Waals surface area contributed by atoms with Crippen molar-refractivity contribution in [2.75, 3.05) is 5.32 Å². The molecule has 1 heterocycles. The van der Waals surface area contributed by atoms with Gasteiger partial charge in [-0.25, -0.2) is 0 Å². The number of rotatable bonds is 6. The Balaban J connectivity index is 1.70. The Bertz CT molecular complexity index is 1010. The van der Waals surface area contributed by atoms with Crippen LogP contribution < -0.4 is 5.32 Å². The van der Waals surface area contributed by atoms with Crippen molar-refractivity contribution in [1.82, 2.24) is 0 Å². The van der Waals surface area contributed by atoms with Crippen LogP contribution in [-0.4, -0.2) is 15.9 Å². The van der Waals surface area contributed by atoms with Crippen LogP contribution in [0.25, 0.3) is 17.4 Å². The Morgan fingerprint density at radius 2 is 1.96 bits per heavy atom. The summed E-state index contributed by atoms with van der Waals surface area (Å²) in [6.07, 6.45) is 2.81. The molecule has 0 aliphatic carbocycles. The summed E-state index contributed by atoms with van der Waals surface area (Å²) in [6.45, 7) is -0.182. The number of furan rings is 1. The number of aliphatic hydroxyl groups is 1. The van der Waals surface area contributed by atoms with E-state index in [9.17, 15) is 14.9 Å². The Labute approximate surface area is 154 Å². The minimum absolute atomic E-state index is 0.0362. The van der Waals surface area contributed by atoms with E-state index in [1.807, 2.05) is 6.07 Å². The Morgan fingerprint density at radius 1 is 1.15 bits per heavy atom. The first-order chi connectivity index (χ1) is 13.0. The third-order valence-electron chi connectivity index (χ3n) is 3.74. The summed E-state index contributed by atoms with van der Waals surface area (Å²) in [7, 11) is 0. The number of nitrogens with zero attached hydrogens (tertiary/aromatic N) is 1. The number of nitrogens with one attached hydrogen (secondary N) is 1. The maximum Gasteiger partial charge on any atom is 0.270 e. The van der Waals surface area contributed by atoms with E-state index in [0.29, 0.717) is 22.8 Å². The van der Waals surface area contributed by atoms with E-state index in [2.05, 4.69) is 5.32 Å². The largest absolute Gasteiger partial charge is 0.459 e. The van der Waals surface area contributed by atoms with Crippen LogP contribution in [0.5, 0.6) is 0 Å². The molecule has 2 aromatic carbocycles. The number of carbonyl (C=O) groups is 1. The summed E-state index contributed by atoms with van der Waals surface area (Å²) in [4.78, 5) is 22.4. The van der Waals surface area contributed by atoms with Gasteiger partial charge < -0.3 is 14.8 Å². The minimum Gasteiger partial charge on any atom is -0.459 e. The van der Waals surface area contributed by atoms with Gasteiger partial charge in [-0.2, -0.15) is 0 Å². The van der Waals surface area contributed by atoms with Crippen LogP contribution in [0.3, 0.4) is 0 Å². The molecule has 3 aromatic rings. The van der Waals surface area contributed by atoms with Gasteiger partial charge in [0, 0.05) is 29.5 Å². The van der Waals surface area contributed by atoms with Gasteiger partial charge in [0.25, 0.3) is 5.69 Å². The second-order valence-corrected chi connectivity index (χ2v) is 5.68. The zero-order valence-electron chi connectivity index (χ0n) is 14.2. The van der Waals surface area contributed by atoms with Crippen molar-refractivity contribution in [1.29, 1.82) is 0 Å². The molecule has 0 unspecified atom stereocenters. The van der Waals surface area contributed by atoms with Gasteiger partial charge in [-0.3, -0.25) is 14.9 Å². The zero-order chi connectivity index (χ0) is 19.2. The van der Waals surface area contributed by atoms with Crippen molar-refractivity contribution in [3.8, 4) is 11.3 Å².